The van der Waals surface area contributed by atoms with Gasteiger partial charge in [0.2, 0.25) is 0 Å². The monoisotopic (exact) mass is 373 g/mol. The molecule has 0 saturated heterocycles. The van der Waals surface area contributed by atoms with Crippen LogP contribution in [-0.4, -0.2) is 33.4 Å². The summed E-state index contributed by atoms with van der Waals surface area (Å²) >= 11 is 7.36. The lowest BCUT2D eigenvalue weighted by Gasteiger charge is -2.11. The summed E-state index contributed by atoms with van der Waals surface area (Å²) in [5.41, 5.74) is 1.75. The third kappa shape index (κ3) is 4.03. The van der Waals surface area contributed by atoms with Gasteiger partial charge in [0.05, 0.1) is 12.9 Å². The molecule has 1 aromatic heterocycles. The Morgan fingerprint density at radius 2 is 1.96 bits per heavy atom. The van der Waals surface area contributed by atoms with Crippen molar-refractivity contribution in [3.05, 3.63) is 53.6 Å². The highest BCUT2D eigenvalue weighted by atomic mass is 35.5. The van der Waals surface area contributed by atoms with Gasteiger partial charge in [-0.1, -0.05) is 35.5 Å². The molecular weight excluding hydrogens is 358 g/mol. The van der Waals surface area contributed by atoms with E-state index < -0.39 is 0 Å². The summed E-state index contributed by atoms with van der Waals surface area (Å²) in [5, 5.41) is 9.90. The maximum atomic E-state index is 11.4. The van der Waals surface area contributed by atoms with Gasteiger partial charge < -0.3 is 4.74 Å². The maximum Gasteiger partial charge on any atom is 0.196 e. The predicted molar refractivity (Wildman–Crippen MR) is 99.8 cm³/mol. The number of thioether (sulfide) groups is 1. The normalized spacial score (nSPS) is 10.7. The molecule has 3 rings (SSSR count). The number of hydrogen-bond acceptors (Lipinski definition) is 5. The average molecular weight is 374 g/mol. The number of benzene rings is 2. The fourth-order valence-electron chi connectivity index (χ4n) is 2.30. The Kier molecular flexibility index (Phi) is 5.40. The molecule has 0 N–H and O–H groups in total. The van der Waals surface area contributed by atoms with Crippen molar-refractivity contribution in [1.82, 2.24) is 14.8 Å². The SMILES string of the molecule is COc1cccc(-c2nnc(SCC(C)=O)n2-c2ccc(Cl)cc2)c1. The first kappa shape index (κ1) is 17.5. The Labute approximate surface area is 155 Å². The molecule has 3 aromatic rings. The van der Waals surface area contributed by atoms with Crippen molar-refractivity contribution >= 4 is 29.1 Å². The zero-order valence-electron chi connectivity index (χ0n) is 13.8. The molecule has 0 aliphatic heterocycles. The van der Waals surface area contributed by atoms with Crippen molar-refractivity contribution < 1.29 is 9.53 Å². The van der Waals surface area contributed by atoms with Crippen LogP contribution >= 0.6 is 23.4 Å². The van der Waals surface area contributed by atoms with Crippen LogP contribution in [-0.2, 0) is 4.79 Å². The van der Waals surface area contributed by atoms with Crippen LogP contribution in [0, 0.1) is 0 Å². The number of ether oxygens (including phenoxy) is 1. The Hall–Kier alpha value is -2.31. The van der Waals surface area contributed by atoms with Crippen molar-refractivity contribution in [2.45, 2.75) is 12.1 Å². The third-order valence-corrected chi connectivity index (χ3v) is 4.78. The largest absolute Gasteiger partial charge is 0.497 e. The number of aromatic nitrogens is 3. The van der Waals surface area contributed by atoms with Crippen molar-refractivity contribution in [2.75, 3.05) is 12.9 Å². The molecule has 128 valence electrons. The van der Waals surface area contributed by atoms with Gasteiger partial charge in [0, 0.05) is 16.3 Å². The highest BCUT2D eigenvalue weighted by Crippen LogP contribution is 2.30. The van der Waals surface area contributed by atoms with E-state index in [-0.39, 0.29) is 5.78 Å². The minimum absolute atomic E-state index is 0.0820. The zero-order chi connectivity index (χ0) is 17.8. The molecule has 0 bridgehead atoms. The molecule has 0 amide bonds. The number of methoxy groups -OCH3 is 1. The fraction of sp³-hybridized carbons (Fsp3) is 0.167. The smallest absolute Gasteiger partial charge is 0.196 e. The van der Waals surface area contributed by atoms with Gasteiger partial charge in [-0.05, 0) is 43.3 Å². The van der Waals surface area contributed by atoms with E-state index in [2.05, 4.69) is 10.2 Å². The number of nitrogens with zero attached hydrogens (tertiary/aromatic N) is 3. The van der Waals surface area contributed by atoms with Gasteiger partial charge in [0.15, 0.2) is 11.0 Å². The number of Topliss-reactive ketones (excluding diaryl/α,β-unsaturated/α-hetero) is 1. The number of ketones is 1. The molecule has 0 fully saturated rings. The summed E-state index contributed by atoms with van der Waals surface area (Å²) in [6, 6.07) is 15.0. The molecule has 0 aliphatic rings. The molecule has 0 aliphatic carbocycles. The van der Waals surface area contributed by atoms with E-state index in [9.17, 15) is 4.79 Å². The second-order valence-electron chi connectivity index (χ2n) is 5.34. The van der Waals surface area contributed by atoms with Gasteiger partial charge in [0.1, 0.15) is 11.5 Å². The summed E-state index contributed by atoms with van der Waals surface area (Å²) < 4.78 is 7.21. The molecule has 0 atom stereocenters. The maximum absolute atomic E-state index is 11.4. The van der Waals surface area contributed by atoms with Gasteiger partial charge in [-0.25, -0.2) is 0 Å². The van der Waals surface area contributed by atoms with Gasteiger partial charge in [-0.15, -0.1) is 10.2 Å². The first-order valence-electron chi connectivity index (χ1n) is 7.56. The van der Waals surface area contributed by atoms with Crippen molar-refractivity contribution in [3.8, 4) is 22.8 Å². The van der Waals surface area contributed by atoms with Gasteiger partial charge in [-0.2, -0.15) is 0 Å². The number of halogens is 1. The number of rotatable bonds is 6. The Balaban J connectivity index is 2.11. The van der Waals surface area contributed by atoms with Gasteiger partial charge in [-0.3, -0.25) is 9.36 Å². The molecular formula is C18H16ClN3O2S. The summed E-state index contributed by atoms with van der Waals surface area (Å²) in [4.78, 5) is 11.4. The molecule has 25 heavy (non-hydrogen) atoms. The van der Waals surface area contributed by atoms with E-state index in [1.807, 2.05) is 53.1 Å². The second kappa shape index (κ2) is 7.72. The van der Waals surface area contributed by atoms with E-state index in [0.29, 0.717) is 21.8 Å². The third-order valence-electron chi connectivity index (χ3n) is 3.45. The Bertz CT molecular complexity index is 894. The first-order valence-corrected chi connectivity index (χ1v) is 8.93. The molecule has 0 unspecified atom stereocenters. The van der Waals surface area contributed by atoms with Crippen LogP contribution in [0.1, 0.15) is 6.92 Å². The second-order valence-corrected chi connectivity index (χ2v) is 6.72. The van der Waals surface area contributed by atoms with Crippen LogP contribution < -0.4 is 4.74 Å². The quantitative estimate of drug-likeness (QED) is 0.604. The van der Waals surface area contributed by atoms with E-state index in [0.717, 1.165) is 17.0 Å². The molecule has 7 heteroatoms. The lowest BCUT2D eigenvalue weighted by molar-refractivity contribution is -0.114. The number of hydrogen-bond donors (Lipinski definition) is 0. The minimum atomic E-state index is 0.0820. The van der Waals surface area contributed by atoms with Crippen LogP contribution in [0.2, 0.25) is 5.02 Å². The molecule has 0 radical (unpaired) electrons. The Morgan fingerprint density at radius 1 is 1.20 bits per heavy atom. The minimum Gasteiger partial charge on any atom is -0.497 e. The topological polar surface area (TPSA) is 57.0 Å². The van der Waals surface area contributed by atoms with Crippen molar-refractivity contribution in [1.29, 1.82) is 0 Å². The molecule has 5 nitrogen and oxygen atoms in total. The summed E-state index contributed by atoms with van der Waals surface area (Å²) in [6.45, 7) is 1.55. The highest BCUT2D eigenvalue weighted by molar-refractivity contribution is 7.99. The van der Waals surface area contributed by atoms with Crippen LogP contribution in [0.5, 0.6) is 5.75 Å². The average Bonchev–Trinajstić information content (AvgIpc) is 3.04. The van der Waals surface area contributed by atoms with Crippen LogP contribution in [0.4, 0.5) is 0 Å². The standard InChI is InChI=1S/C18H16ClN3O2S/c1-12(23)11-25-18-21-20-17(13-4-3-5-16(10-13)24-2)22(18)15-8-6-14(19)7-9-15/h3-10H,11H2,1-2H3. The highest BCUT2D eigenvalue weighted by Gasteiger charge is 2.17. The lowest BCUT2D eigenvalue weighted by atomic mass is 10.2. The molecule has 0 saturated carbocycles. The van der Waals surface area contributed by atoms with Gasteiger partial charge >= 0.3 is 0 Å². The summed E-state index contributed by atoms with van der Waals surface area (Å²) in [6.07, 6.45) is 0. The first-order chi connectivity index (χ1) is 12.1. The fourth-order valence-corrected chi connectivity index (χ4v) is 3.18. The predicted octanol–water partition coefficient (Wildman–Crippen LogP) is 4.28. The van der Waals surface area contributed by atoms with Crippen molar-refractivity contribution in [2.24, 2.45) is 0 Å². The molecule has 2 aromatic carbocycles. The van der Waals surface area contributed by atoms with E-state index in [1.165, 1.54) is 11.8 Å². The van der Waals surface area contributed by atoms with E-state index in [1.54, 1.807) is 14.0 Å². The number of carbonyl (C=O) groups excluding carboxylic acids is 1. The summed E-state index contributed by atoms with van der Waals surface area (Å²) in [5.74, 6) is 1.83. The van der Waals surface area contributed by atoms with Gasteiger partial charge in [0.25, 0.3) is 0 Å². The van der Waals surface area contributed by atoms with E-state index >= 15 is 0 Å². The lowest BCUT2D eigenvalue weighted by Crippen LogP contribution is -2.02. The van der Waals surface area contributed by atoms with Crippen molar-refractivity contribution in [3.63, 3.8) is 0 Å². The summed E-state index contributed by atoms with van der Waals surface area (Å²) in [7, 11) is 1.62. The van der Waals surface area contributed by atoms with Crippen LogP contribution in [0.15, 0.2) is 53.7 Å². The van der Waals surface area contributed by atoms with E-state index in [4.69, 9.17) is 16.3 Å². The number of carbonyl (C=O) groups is 1. The van der Waals surface area contributed by atoms with Crippen LogP contribution in [0.3, 0.4) is 0 Å². The van der Waals surface area contributed by atoms with Crippen LogP contribution in [0.25, 0.3) is 17.1 Å². The molecule has 0 spiro atoms. The molecule has 1 heterocycles. The Morgan fingerprint density at radius 3 is 2.64 bits per heavy atom. The zero-order valence-corrected chi connectivity index (χ0v) is 15.3.